The Morgan fingerprint density at radius 1 is 1.12 bits per heavy atom. The fourth-order valence-electron chi connectivity index (χ4n) is 1.80. The standard InChI is InChI=1S/C14H23NO/c1-9-7-10(2)13(11(3)8-9)15-12(4)14(5,6)16/h7-8,12,15-16H,1-6H3. The third-order valence-corrected chi connectivity index (χ3v) is 3.10. The monoisotopic (exact) mass is 221 g/mol. The van der Waals surface area contributed by atoms with Gasteiger partial charge in [-0.05, 0) is 52.7 Å². The predicted octanol–water partition coefficient (Wildman–Crippen LogP) is 3.18. The van der Waals surface area contributed by atoms with Gasteiger partial charge in [0.25, 0.3) is 0 Å². The Bertz CT molecular complexity index is 354. The van der Waals surface area contributed by atoms with Gasteiger partial charge in [-0.25, -0.2) is 0 Å². The molecule has 0 aliphatic heterocycles. The third-order valence-electron chi connectivity index (χ3n) is 3.10. The molecule has 16 heavy (non-hydrogen) atoms. The second-order valence-corrected chi connectivity index (χ2v) is 5.29. The fourth-order valence-corrected chi connectivity index (χ4v) is 1.80. The predicted molar refractivity (Wildman–Crippen MR) is 70.0 cm³/mol. The van der Waals surface area contributed by atoms with Gasteiger partial charge in [-0.3, -0.25) is 0 Å². The largest absolute Gasteiger partial charge is 0.388 e. The number of hydrogen-bond acceptors (Lipinski definition) is 2. The molecule has 0 heterocycles. The molecule has 90 valence electrons. The number of rotatable bonds is 3. The molecule has 1 atom stereocenters. The summed E-state index contributed by atoms with van der Waals surface area (Å²) < 4.78 is 0. The van der Waals surface area contributed by atoms with Crippen LogP contribution < -0.4 is 5.32 Å². The van der Waals surface area contributed by atoms with Crippen LogP contribution in [0.2, 0.25) is 0 Å². The summed E-state index contributed by atoms with van der Waals surface area (Å²) in [6.45, 7) is 11.9. The van der Waals surface area contributed by atoms with Crippen molar-refractivity contribution >= 4 is 5.69 Å². The molecule has 2 nitrogen and oxygen atoms in total. The van der Waals surface area contributed by atoms with Crippen LogP contribution in [0, 0.1) is 20.8 Å². The SMILES string of the molecule is Cc1cc(C)c(NC(C)C(C)(C)O)c(C)c1. The van der Waals surface area contributed by atoms with Gasteiger partial charge in [-0.2, -0.15) is 0 Å². The molecule has 0 aliphatic rings. The van der Waals surface area contributed by atoms with Gasteiger partial charge in [0.15, 0.2) is 0 Å². The number of aliphatic hydroxyl groups is 1. The van der Waals surface area contributed by atoms with Crippen LogP contribution in [0.15, 0.2) is 12.1 Å². The normalized spacial score (nSPS) is 13.7. The number of nitrogens with one attached hydrogen (secondary N) is 1. The van der Waals surface area contributed by atoms with Crippen LogP contribution in [0.1, 0.15) is 37.5 Å². The lowest BCUT2D eigenvalue weighted by molar-refractivity contribution is 0.0649. The van der Waals surface area contributed by atoms with Gasteiger partial charge in [-0.1, -0.05) is 17.7 Å². The van der Waals surface area contributed by atoms with Crippen LogP contribution in [0.3, 0.4) is 0 Å². The third kappa shape index (κ3) is 2.99. The molecule has 1 unspecified atom stereocenters. The summed E-state index contributed by atoms with van der Waals surface area (Å²) in [7, 11) is 0. The first-order valence-electron chi connectivity index (χ1n) is 5.78. The zero-order chi connectivity index (χ0) is 12.5. The van der Waals surface area contributed by atoms with E-state index in [1.807, 2.05) is 20.8 Å². The van der Waals surface area contributed by atoms with Crippen LogP contribution in [0.5, 0.6) is 0 Å². The molecule has 0 radical (unpaired) electrons. The molecule has 0 saturated heterocycles. The number of anilines is 1. The van der Waals surface area contributed by atoms with E-state index in [-0.39, 0.29) is 6.04 Å². The smallest absolute Gasteiger partial charge is 0.0789 e. The van der Waals surface area contributed by atoms with Gasteiger partial charge in [0.1, 0.15) is 0 Å². The Labute approximate surface area is 98.7 Å². The van der Waals surface area contributed by atoms with Crippen molar-refractivity contribution in [2.75, 3.05) is 5.32 Å². The minimum absolute atomic E-state index is 0.0209. The minimum atomic E-state index is -0.718. The van der Waals surface area contributed by atoms with E-state index in [1.165, 1.54) is 16.7 Å². The molecule has 1 aromatic rings. The summed E-state index contributed by atoms with van der Waals surface area (Å²) in [6.07, 6.45) is 0. The first kappa shape index (κ1) is 13.0. The number of hydrogen-bond donors (Lipinski definition) is 2. The van der Waals surface area contributed by atoms with Crippen molar-refractivity contribution in [1.29, 1.82) is 0 Å². The van der Waals surface area contributed by atoms with Crippen molar-refractivity contribution < 1.29 is 5.11 Å². The van der Waals surface area contributed by atoms with E-state index in [0.29, 0.717) is 0 Å². The van der Waals surface area contributed by atoms with E-state index in [4.69, 9.17) is 0 Å². The van der Waals surface area contributed by atoms with Crippen molar-refractivity contribution in [3.8, 4) is 0 Å². The van der Waals surface area contributed by atoms with Crippen molar-refractivity contribution in [1.82, 2.24) is 0 Å². The Balaban J connectivity index is 2.98. The highest BCUT2D eigenvalue weighted by molar-refractivity contribution is 5.58. The van der Waals surface area contributed by atoms with Crippen molar-refractivity contribution in [2.45, 2.75) is 53.2 Å². The molecular formula is C14H23NO. The first-order valence-corrected chi connectivity index (χ1v) is 5.78. The van der Waals surface area contributed by atoms with Gasteiger partial charge in [0, 0.05) is 5.69 Å². The molecule has 2 N–H and O–H groups in total. The van der Waals surface area contributed by atoms with Crippen LogP contribution in [-0.2, 0) is 0 Å². The molecule has 0 spiro atoms. The molecule has 0 aromatic heterocycles. The Hall–Kier alpha value is -1.02. The molecule has 0 bridgehead atoms. The summed E-state index contributed by atoms with van der Waals surface area (Å²) in [4.78, 5) is 0. The Kier molecular flexibility index (Phi) is 3.64. The lowest BCUT2D eigenvalue weighted by Crippen LogP contribution is -2.39. The molecule has 0 amide bonds. The molecule has 1 rings (SSSR count). The average molecular weight is 221 g/mol. The number of aryl methyl sites for hydroxylation is 3. The molecular weight excluding hydrogens is 198 g/mol. The Morgan fingerprint density at radius 2 is 1.56 bits per heavy atom. The maximum atomic E-state index is 9.92. The van der Waals surface area contributed by atoms with E-state index in [2.05, 4.69) is 38.2 Å². The zero-order valence-electron chi connectivity index (χ0n) is 11.2. The van der Waals surface area contributed by atoms with Crippen LogP contribution >= 0.6 is 0 Å². The summed E-state index contributed by atoms with van der Waals surface area (Å²) in [6, 6.07) is 4.34. The molecule has 0 aliphatic carbocycles. The second-order valence-electron chi connectivity index (χ2n) is 5.29. The van der Waals surface area contributed by atoms with E-state index >= 15 is 0 Å². The van der Waals surface area contributed by atoms with E-state index in [9.17, 15) is 5.11 Å². The van der Waals surface area contributed by atoms with Crippen molar-refractivity contribution in [2.24, 2.45) is 0 Å². The quantitative estimate of drug-likeness (QED) is 0.821. The van der Waals surface area contributed by atoms with Crippen LogP contribution in [-0.4, -0.2) is 16.7 Å². The molecule has 1 aromatic carbocycles. The Morgan fingerprint density at radius 3 is 1.94 bits per heavy atom. The van der Waals surface area contributed by atoms with Gasteiger partial charge in [0.05, 0.1) is 11.6 Å². The zero-order valence-corrected chi connectivity index (χ0v) is 11.2. The van der Waals surface area contributed by atoms with Gasteiger partial charge in [-0.15, -0.1) is 0 Å². The fraction of sp³-hybridized carbons (Fsp3) is 0.571. The summed E-state index contributed by atoms with van der Waals surface area (Å²) >= 11 is 0. The maximum Gasteiger partial charge on any atom is 0.0789 e. The minimum Gasteiger partial charge on any atom is -0.388 e. The molecule has 0 saturated carbocycles. The van der Waals surface area contributed by atoms with Crippen LogP contribution in [0.25, 0.3) is 0 Å². The molecule has 0 fully saturated rings. The van der Waals surface area contributed by atoms with E-state index < -0.39 is 5.60 Å². The lowest BCUT2D eigenvalue weighted by Gasteiger charge is -2.29. The summed E-state index contributed by atoms with van der Waals surface area (Å²) in [5.41, 5.74) is 4.16. The summed E-state index contributed by atoms with van der Waals surface area (Å²) in [5.74, 6) is 0. The van der Waals surface area contributed by atoms with Gasteiger partial charge < -0.3 is 10.4 Å². The maximum absolute atomic E-state index is 9.92. The second kappa shape index (κ2) is 4.46. The molecule has 2 heteroatoms. The lowest BCUT2D eigenvalue weighted by atomic mass is 9.98. The van der Waals surface area contributed by atoms with Crippen molar-refractivity contribution in [3.05, 3.63) is 28.8 Å². The summed E-state index contributed by atoms with van der Waals surface area (Å²) in [5, 5.41) is 13.3. The van der Waals surface area contributed by atoms with Crippen LogP contribution in [0.4, 0.5) is 5.69 Å². The highest BCUT2D eigenvalue weighted by Gasteiger charge is 2.22. The average Bonchev–Trinajstić information content (AvgIpc) is 2.08. The highest BCUT2D eigenvalue weighted by Crippen LogP contribution is 2.24. The van der Waals surface area contributed by atoms with Gasteiger partial charge in [0.2, 0.25) is 0 Å². The van der Waals surface area contributed by atoms with E-state index in [1.54, 1.807) is 0 Å². The van der Waals surface area contributed by atoms with Crippen molar-refractivity contribution in [3.63, 3.8) is 0 Å². The number of benzene rings is 1. The topological polar surface area (TPSA) is 32.3 Å². The highest BCUT2D eigenvalue weighted by atomic mass is 16.3. The van der Waals surface area contributed by atoms with Gasteiger partial charge >= 0.3 is 0 Å². The van der Waals surface area contributed by atoms with E-state index in [0.717, 1.165) is 5.69 Å². The first-order chi connectivity index (χ1) is 7.21.